The lowest BCUT2D eigenvalue weighted by atomic mass is 10.1. The number of para-hydroxylation sites is 1. The van der Waals surface area contributed by atoms with E-state index in [1.165, 1.54) is 11.8 Å². The minimum absolute atomic E-state index is 0.0233. The number of thioether (sulfide) groups is 1. The number of rotatable bonds is 7. The number of aryl methyl sites for hydroxylation is 2. The summed E-state index contributed by atoms with van der Waals surface area (Å²) >= 11 is 1.45. The van der Waals surface area contributed by atoms with Crippen molar-refractivity contribution in [3.63, 3.8) is 0 Å². The molecular formula is C28H27N5O2S. The molecule has 7 nitrogen and oxygen atoms in total. The van der Waals surface area contributed by atoms with Crippen molar-refractivity contribution in [2.45, 2.75) is 38.4 Å². The summed E-state index contributed by atoms with van der Waals surface area (Å²) in [6.07, 6.45) is 0.339. The Balaban J connectivity index is 1.45. The highest BCUT2D eigenvalue weighted by molar-refractivity contribution is 7.99. The first kappa shape index (κ1) is 23.8. The minimum atomic E-state index is -0.134. The predicted molar refractivity (Wildman–Crippen MR) is 144 cm³/mol. The van der Waals surface area contributed by atoms with E-state index in [0.29, 0.717) is 28.5 Å². The molecule has 1 amide bonds. The fraction of sp³-hybridized carbons (Fsp3) is 0.214. The van der Waals surface area contributed by atoms with Gasteiger partial charge in [0.1, 0.15) is 0 Å². The Morgan fingerprint density at radius 2 is 1.75 bits per heavy atom. The molecule has 1 atom stereocenters. The van der Waals surface area contributed by atoms with Gasteiger partial charge in [-0.2, -0.15) is 0 Å². The number of hydrogen-bond acceptors (Lipinski definition) is 5. The van der Waals surface area contributed by atoms with Gasteiger partial charge in [-0.1, -0.05) is 66.4 Å². The summed E-state index contributed by atoms with van der Waals surface area (Å²) in [6.45, 7) is 5.96. The van der Waals surface area contributed by atoms with Gasteiger partial charge in [0.25, 0.3) is 5.56 Å². The minimum Gasteiger partial charge on any atom is -0.350 e. The van der Waals surface area contributed by atoms with Crippen LogP contribution in [-0.4, -0.2) is 30.8 Å². The van der Waals surface area contributed by atoms with E-state index in [9.17, 15) is 9.59 Å². The van der Waals surface area contributed by atoms with Crippen molar-refractivity contribution in [3.05, 3.63) is 99.8 Å². The quantitative estimate of drug-likeness (QED) is 0.320. The van der Waals surface area contributed by atoms with E-state index in [-0.39, 0.29) is 17.5 Å². The van der Waals surface area contributed by atoms with Gasteiger partial charge < -0.3 is 5.32 Å². The second-order valence-corrected chi connectivity index (χ2v) is 9.93. The molecule has 5 aromatic rings. The lowest BCUT2D eigenvalue weighted by Crippen LogP contribution is -2.26. The third-order valence-corrected chi connectivity index (χ3v) is 7.17. The SMILES string of the molecule is Cc1ccc(C)c(-n2c(=O)c3ccccc3n3c(SCCC(=O)NC(C)c4ccccc4)nnc23)c1. The van der Waals surface area contributed by atoms with Gasteiger partial charge in [0.2, 0.25) is 11.7 Å². The molecule has 1 N–H and O–H groups in total. The maximum Gasteiger partial charge on any atom is 0.267 e. The Morgan fingerprint density at radius 1 is 1.00 bits per heavy atom. The van der Waals surface area contributed by atoms with Crippen LogP contribution in [0.2, 0.25) is 0 Å². The molecule has 0 aliphatic carbocycles. The zero-order valence-corrected chi connectivity index (χ0v) is 21.2. The van der Waals surface area contributed by atoms with Crippen LogP contribution in [0.4, 0.5) is 0 Å². The Morgan fingerprint density at radius 3 is 2.56 bits per heavy atom. The zero-order valence-electron chi connectivity index (χ0n) is 20.4. The fourth-order valence-corrected chi connectivity index (χ4v) is 5.20. The Labute approximate surface area is 213 Å². The molecule has 0 fully saturated rings. The highest BCUT2D eigenvalue weighted by Crippen LogP contribution is 2.25. The monoisotopic (exact) mass is 497 g/mol. The van der Waals surface area contributed by atoms with Crippen molar-refractivity contribution in [1.29, 1.82) is 0 Å². The van der Waals surface area contributed by atoms with E-state index in [1.807, 2.05) is 98.0 Å². The molecule has 0 saturated heterocycles. The normalized spacial score (nSPS) is 12.2. The highest BCUT2D eigenvalue weighted by Gasteiger charge is 2.19. The summed E-state index contributed by atoms with van der Waals surface area (Å²) in [6, 6.07) is 23.3. The van der Waals surface area contributed by atoms with Crippen molar-refractivity contribution >= 4 is 34.3 Å². The van der Waals surface area contributed by atoms with Crippen LogP contribution in [-0.2, 0) is 4.79 Å². The van der Waals surface area contributed by atoms with Gasteiger partial charge in [-0.3, -0.25) is 14.0 Å². The zero-order chi connectivity index (χ0) is 25.2. The number of aromatic nitrogens is 4. The summed E-state index contributed by atoms with van der Waals surface area (Å²) < 4.78 is 3.55. The first-order chi connectivity index (χ1) is 17.4. The maximum atomic E-state index is 13.6. The number of amides is 1. The predicted octanol–water partition coefficient (Wildman–Crippen LogP) is 5.01. The molecule has 8 heteroatoms. The van der Waals surface area contributed by atoms with Crippen LogP contribution in [0.15, 0.2) is 82.7 Å². The molecule has 5 rings (SSSR count). The van der Waals surface area contributed by atoms with Crippen LogP contribution in [0.25, 0.3) is 22.4 Å². The Kier molecular flexibility index (Phi) is 6.61. The molecule has 3 aromatic carbocycles. The van der Waals surface area contributed by atoms with Crippen LogP contribution < -0.4 is 10.9 Å². The van der Waals surface area contributed by atoms with E-state index < -0.39 is 0 Å². The van der Waals surface area contributed by atoms with Gasteiger partial charge in [0, 0.05) is 12.2 Å². The molecule has 2 aromatic heterocycles. The number of hydrogen-bond donors (Lipinski definition) is 1. The van der Waals surface area contributed by atoms with Gasteiger partial charge >= 0.3 is 0 Å². The summed E-state index contributed by atoms with van der Waals surface area (Å²) in [4.78, 5) is 26.1. The molecule has 0 spiro atoms. The second kappa shape index (κ2) is 9.99. The lowest BCUT2D eigenvalue weighted by Gasteiger charge is -2.14. The van der Waals surface area contributed by atoms with Crippen LogP contribution in [0.5, 0.6) is 0 Å². The van der Waals surface area contributed by atoms with Gasteiger partial charge in [-0.25, -0.2) is 4.57 Å². The van der Waals surface area contributed by atoms with Crippen LogP contribution >= 0.6 is 11.8 Å². The molecule has 0 radical (unpaired) electrons. The molecule has 0 aliphatic heterocycles. The number of nitrogens with zero attached hydrogens (tertiary/aromatic N) is 4. The van der Waals surface area contributed by atoms with E-state index in [1.54, 1.807) is 4.57 Å². The number of fused-ring (bicyclic) bond motifs is 3. The molecule has 182 valence electrons. The van der Waals surface area contributed by atoms with Crippen LogP contribution in [0.1, 0.15) is 36.1 Å². The van der Waals surface area contributed by atoms with Gasteiger partial charge in [0.15, 0.2) is 5.16 Å². The van der Waals surface area contributed by atoms with E-state index in [4.69, 9.17) is 0 Å². The third kappa shape index (κ3) is 4.52. The first-order valence-corrected chi connectivity index (χ1v) is 12.9. The molecular weight excluding hydrogens is 470 g/mol. The third-order valence-electron chi connectivity index (χ3n) is 6.24. The number of carbonyl (C=O) groups is 1. The average molecular weight is 498 g/mol. The molecule has 0 saturated carbocycles. The van der Waals surface area contributed by atoms with Gasteiger partial charge in [-0.05, 0) is 55.7 Å². The summed E-state index contributed by atoms with van der Waals surface area (Å²) in [5.41, 5.74) is 4.49. The van der Waals surface area contributed by atoms with Crippen LogP contribution in [0, 0.1) is 13.8 Å². The lowest BCUT2D eigenvalue weighted by molar-refractivity contribution is -0.121. The van der Waals surface area contributed by atoms with Crippen molar-refractivity contribution in [2.75, 3.05) is 5.75 Å². The molecule has 0 aliphatic rings. The topological polar surface area (TPSA) is 81.3 Å². The van der Waals surface area contributed by atoms with Crippen LogP contribution in [0.3, 0.4) is 0 Å². The highest BCUT2D eigenvalue weighted by atomic mass is 32.2. The molecule has 36 heavy (non-hydrogen) atoms. The van der Waals surface area contributed by atoms with Crippen molar-refractivity contribution in [2.24, 2.45) is 0 Å². The van der Waals surface area contributed by atoms with Crippen molar-refractivity contribution < 1.29 is 4.79 Å². The summed E-state index contributed by atoms with van der Waals surface area (Å²) in [7, 11) is 0. The number of nitrogens with one attached hydrogen (secondary N) is 1. The van der Waals surface area contributed by atoms with Gasteiger partial charge in [-0.15, -0.1) is 10.2 Å². The Bertz CT molecular complexity index is 1620. The smallest absolute Gasteiger partial charge is 0.267 e. The first-order valence-electron chi connectivity index (χ1n) is 11.9. The Hall–Kier alpha value is -3.91. The summed E-state index contributed by atoms with van der Waals surface area (Å²) in [5, 5.41) is 13.1. The second-order valence-electron chi connectivity index (χ2n) is 8.86. The number of benzene rings is 3. The largest absolute Gasteiger partial charge is 0.350 e. The molecule has 2 heterocycles. The van der Waals surface area contributed by atoms with Crippen molar-refractivity contribution in [1.82, 2.24) is 24.5 Å². The van der Waals surface area contributed by atoms with Crippen molar-refractivity contribution in [3.8, 4) is 5.69 Å². The molecule has 0 bridgehead atoms. The maximum absolute atomic E-state index is 13.6. The summed E-state index contributed by atoms with van der Waals surface area (Å²) in [5.74, 6) is 0.965. The fourth-order valence-electron chi connectivity index (χ4n) is 4.32. The molecule has 1 unspecified atom stereocenters. The van der Waals surface area contributed by atoms with E-state index >= 15 is 0 Å². The van der Waals surface area contributed by atoms with Gasteiger partial charge in [0.05, 0.1) is 22.6 Å². The average Bonchev–Trinajstić information content (AvgIpc) is 3.30. The number of carbonyl (C=O) groups excluding carboxylic acids is 1. The standard InChI is InChI=1S/C28H27N5O2S/c1-18-13-14-19(2)24(17-18)32-26(35)22-11-7-8-12-23(22)33-27(32)30-31-28(33)36-16-15-25(34)29-20(3)21-9-5-4-6-10-21/h4-14,17,20H,15-16H2,1-3H3,(H,29,34). The van der Waals surface area contributed by atoms with E-state index in [0.717, 1.165) is 27.9 Å². The van der Waals surface area contributed by atoms with E-state index in [2.05, 4.69) is 15.5 Å².